The van der Waals surface area contributed by atoms with E-state index in [-0.39, 0.29) is 16.5 Å². The molecular weight excluding hydrogens is 235 g/mol. The molecular formula is C15H12ClF. The van der Waals surface area contributed by atoms with Gasteiger partial charge in [0.25, 0.3) is 0 Å². The maximum atomic E-state index is 13.9. The first-order chi connectivity index (χ1) is 8.06. The second kappa shape index (κ2) is 4.39. The van der Waals surface area contributed by atoms with E-state index in [9.17, 15) is 4.39 Å². The average Bonchev–Trinajstić information content (AvgIpc) is 2.30. The van der Waals surface area contributed by atoms with Gasteiger partial charge in [-0.2, -0.15) is 0 Å². The molecule has 2 aromatic carbocycles. The molecule has 17 heavy (non-hydrogen) atoms. The van der Waals surface area contributed by atoms with Crippen molar-refractivity contribution in [2.45, 2.75) is 19.8 Å². The predicted molar refractivity (Wildman–Crippen MR) is 70.9 cm³/mol. The summed E-state index contributed by atoms with van der Waals surface area (Å²) in [5.74, 6) is 2.19. The van der Waals surface area contributed by atoms with Gasteiger partial charge in [-0.3, -0.25) is 0 Å². The van der Waals surface area contributed by atoms with Crippen molar-refractivity contribution in [3.63, 3.8) is 0 Å². The van der Waals surface area contributed by atoms with Crippen LogP contribution < -0.4 is 0 Å². The van der Waals surface area contributed by atoms with Crippen LogP contribution in [0.5, 0.6) is 0 Å². The molecule has 2 rings (SSSR count). The fraction of sp³-hybridized carbons (Fsp3) is 0.200. The molecule has 0 atom stereocenters. The Hall–Kier alpha value is -1.52. The lowest BCUT2D eigenvalue weighted by atomic mass is 9.93. The quantitative estimate of drug-likeness (QED) is 0.638. The Morgan fingerprint density at radius 3 is 2.65 bits per heavy atom. The third-order valence-corrected chi connectivity index (χ3v) is 3.13. The monoisotopic (exact) mass is 246 g/mol. The third kappa shape index (κ3) is 1.90. The Morgan fingerprint density at radius 1 is 1.35 bits per heavy atom. The van der Waals surface area contributed by atoms with Gasteiger partial charge in [0.2, 0.25) is 0 Å². The summed E-state index contributed by atoms with van der Waals surface area (Å²) in [5.41, 5.74) is 1.31. The second-order valence-electron chi connectivity index (χ2n) is 4.29. The minimum atomic E-state index is -0.505. The predicted octanol–water partition coefficient (Wildman–Crippen LogP) is 4.74. The summed E-state index contributed by atoms with van der Waals surface area (Å²) >= 11 is 5.83. The number of hydrogen-bond donors (Lipinski definition) is 0. The normalized spacial score (nSPS) is 10.8. The van der Waals surface area contributed by atoms with E-state index in [1.165, 1.54) is 0 Å². The largest absolute Gasteiger partial charge is 0.204 e. The van der Waals surface area contributed by atoms with Crippen LogP contribution in [-0.2, 0) is 0 Å². The Bertz CT molecular complexity index is 621. The van der Waals surface area contributed by atoms with E-state index in [0.717, 1.165) is 16.3 Å². The maximum Gasteiger partial charge on any atom is 0.158 e. The number of benzene rings is 2. The van der Waals surface area contributed by atoms with Gasteiger partial charge in [0, 0.05) is 5.39 Å². The Labute approximate surface area is 105 Å². The molecule has 0 aliphatic rings. The van der Waals surface area contributed by atoms with E-state index in [1.54, 1.807) is 6.07 Å². The van der Waals surface area contributed by atoms with E-state index < -0.39 is 5.82 Å². The summed E-state index contributed by atoms with van der Waals surface area (Å²) < 4.78 is 13.9. The van der Waals surface area contributed by atoms with Gasteiger partial charge in [0.05, 0.1) is 10.6 Å². The summed E-state index contributed by atoms with van der Waals surface area (Å²) in [7, 11) is 0. The fourth-order valence-electron chi connectivity index (χ4n) is 2.04. The molecule has 0 spiro atoms. The van der Waals surface area contributed by atoms with Crippen molar-refractivity contribution < 1.29 is 4.39 Å². The summed E-state index contributed by atoms with van der Waals surface area (Å²) in [6.45, 7) is 4.11. The standard InChI is InChI=1S/C15H12ClF/c1-4-11-14-10(8-13(16)15(11)17)6-5-7-12(14)9(2)3/h1,5-9H,2-3H3. The van der Waals surface area contributed by atoms with Gasteiger partial charge >= 0.3 is 0 Å². The van der Waals surface area contributed by atoms with Crippen LogP contribution >= 0.6 is 11.6 Å². The van der Waals surface area contributed by atoms with Crippen molar-refractivity contribution in [3.05, 3.63) is 46.2 Å². The van der Waals surface area contributed by atoms with Crippen molar-refractivity contribution in [2.24, 2.45) is 0 Å². The van der Waals surface area contributed by atoms with E-state index in [4.69, 9.17) is 18.0 Å². The molecule has 0 bridgehead atoms. The van der Waals surface area contributed by atoms with Crippen LogP contribution in [0.4, 0.5) is 4.39 Å². The summed E-state index contributed by atoms with van der Waals surface area (Å²) in [4.78, 5) is 0. The van der Waals surface area contributed by atoms with Crippen molar-refractivity contribution >= 4 is 22.4 Å². The van der Waals surface area contributed by atoms with Crippen molar-refractivity contribution in [1.29, 1.82) is 0 Å². The first-order valence-corrected chi connectivity index (χ1v) is 5.81. The van der Waals surface area contributed by atoms with Gasteiger partial charge in [-0.25, -0.2) is 4.39 Å². The lowest BCUT2D eigenvalue weighted by Crippen LogP contribution is -1.95. The Morgan fingerprint density at radius 2 is 2.06 bits per heavy atom. The molecule has 0 radical (unpaired) electrons. The highest BCUT2D eigenvalue weighted by Crippen LogP contribution is 2.32. The fourth-order valence-corrected chi connectivity index (χ4v) is 2.26. The van der Waals surface area contributed by atoms with E-state index >= 15 is 0 Å². The van der Waals surface area contributed by atoms with Crippen molar-refractivity contribution in [3.8, 4) is 12.3 Å². The third-order valence-electron chi connectivity index (χ3n) is 2.86. The minimum Gasteiger partial charge on any atom is -0.204 e. The Balaban J connectivity index is 2.99. The number of rotatable bonds is 1. The molecule has 2 heteroatoms. The minimum absolute atomic E-state index is 0.0753. The number of halogens is 2. The van der Waals surface area contributed by atoms with E-state index in [1.807, 2.05) is 18.2 Å². The first kappa shape index (κ1) is 12.0. The van der Waals surface area contributed by atoms with Crippen LogP contribution in [0.3, 0.4) is 0 Å². The molecule has 0 aliphatic heterocycles. The molecule has 0 heterocycles. The number of hydrogen-bond acceptors (Lipinski definition) is 0. The second-order valence-corrected chi connectivity index (χ2v) is 4.70. The lowest BCUT2D eigenvalue weighted by molar-refractivity contribution is 0.626. The lowest BCUT2D eigenvalue weighted by Gasteiger charge is -2.13. The average molecular weight is 247 g/mol. The molecule has 0 saturated heterocycles. The van der Waals surface area contributed by atoms with Gasteiger partial charge in [-0.05, 0) is 22.9 Å². The van der Waals surface area contributed by atoms with Gasteiger partial charge in [0.15, 0.2) is 5.82 Å². The van der Waals surface area contributed by atoms with E-state index in [2.05, 4.69) is 19.8 Å². The molecule has 0 aromatic heterocycles. The van der Waals surface area contributed by atoms with E-state index in [0.29, 0.717) is 0 Å². The van der Waals surface area contributed by atoms with Crippen LogP contribution in [0.25, 0.3) is 10.8 Å². The van der Waals surface area contributed by atoms with Crippen LogP contribution in [0.15, 0.2) is 24.3 Å². The van der Waals surface area contributed by atoms with Crippen LogP contribution in [0, 0.1) is 18.2 Å². The molecule has 0 amide bonds. The molecule has 0 unspecified atom stereocenters. The zero-order valence-corrected chi connectivity index (χ0v) is 10.5. The molecule has 2 aromatic rings. The number of fused-ring (bicyclic) bond motifs is 1. The van der Waals surface area contributed by atoms with Gasteiger partial charge in [-0.15, -0.1) is 6.42 Å². The Kier molecular flexibility index (Phi) is 3.09. The molecule has 0 saturated carbocycles. The maximum absolute atomic E-state index is 13.9. The molecule has 0 N–H and O–H groups in total. The summed E-state index contributed by atoms with van der Waals surface area (Å²) in [6.07, 6.45) is 5.41. The zero-order chi connectivity index (χ0) is 12.6. The SMILES string of the molecule is C#Cc1c(F)c(Cl)cc2cccc(C(C)C)c12. The topological polar surface area (TPSA) is 0 Å². The van der Waals surface area contributed by atoms with Crippen LogP contribution in [0.2, 0.25) is 5.02 Å². The van der Waals surface area contributed by atoms with Crippen molar-refractivity contribution in [1.82, 2.24) is 0 Å². The highest BCUT2D eigenvalue weighted by Gasteiger charge is 2.14. The van der Waals surface area contributed by atoms with Crippen LogP contribution in [0.1, 0.15) is 30.9 Å². The number of terminal acetylenes is 1. The van der Waals surface area contributed by atoms with Gasteiger partial charge in [0.1, 0.15) is 0 Å². The smallest absolute Gasteiger partial charge is 0.158 e. The highest BCUT2D eigenvalue weighted by molar-refractivity contribution is 6.31. The molecule has 0 aliphatic carbocycles. The van der Waals surface area contributed by atoms with Gasteiger partial charge < -0.3 is 0 Å². The van der Waals surface area contributed by atoms with Crippen molar-refractivity contribution in [2.75, 3.05) is 0 Å². The zero-order valence-electron chi connectivity index (χ0n) is 9.72. The summed E-state index contributed by atoms with van der Waals surface area (Å²) in [5, 5.41) is 1.76. The summed E-state index contributed by atoms with van der Waals surface area (Å²) in [6, 6.07) is 7.43. The molecule has 0 fully saturated rings. The highest BCUT2D eigenvalue weighted by atomic mass is 35.5. The van der Waals surface area contributed by atoms with Gasteiger partial charge in [-0.1, -0.05) is 49.6 Å². The molecule has 86 valence electrons. The molecule has 0 nitrogen and oxygen atoms in total. The first-order valence-electron chi connectivity index (χ1n) is 5.43. The van der Waals surface area contributed by atoms with Crippen LogP contribution in [-0.4, -0.2) is 0 Å².